The first-order valence-electron chi connectivity index (χ1n) is 3.51. The Labute approximate surface area is 74.2 Å². The third-order valence-electron chi connectivity index (χ3n) is 1.56. The van der Waals surface area contributed by atoms with E-state index in [1.165, 1.54) is 0 Å². The molecule has 1 aromatic heterocycles. The largest absolute Gasteiger partial charge is 0.480 e. The number of aliphatic carboxylic acids is 1. The van der Waals surface area contributed by atoms with Crippen LogP contribution in [-0.2, 0) is 11.3 Å². The van der Waals surface area contributed by atoms with Crippen LogP contribution in [0.1, 0.15) is 11.3 Å². The average molecular weight is 180 g/mol. The van der Waals surface area contributed by atoms with Crippen molar-refractivity contribution in [2.75, 3.05) is 5.73 Å². The molecule has 1 heterocycles. The Morgan fingerprint density at radius 1 is 1.85 bits per heavy atom. The van der Waals surface area contributed by atoms with E-state index < -0.39 is 5.97 Å². The van der Waals surface area contributed by atoms with E-state index in [-0.39, 0.29) is 17.9 Å². The van der Waals surface area contributed by atoms with E-state index in [2.05, 4.69) is 5.10 Å². The summed E-state index contributed by atoms with van der Waals surface area (Å²) in [4.78, 5) is 10.3. The maximum absolute atomic E-state index is 10.3. The van der Waals surface area contributed by atoms with Crippen molar-refractivity contribution in [3.63, 3.8) is 0 Å². The maximum atomic E-state index is 10.3. The third-order valence-corrected chi connectivity index (χ3v) is 1.56. The molecule has 68 valence electrons. The molecule has 0 amide bonds. The fourth-order valence-electron chi connectivity index (χ4n) is 0.986. The van der Waals surface area contributed by atoms with Crippen molar-refractivity contribution in [1.82, 2.24) is 9.78 Å². The van der Waals surface area contributed by atoms with Crippen molar-refractivity contribution in [3.8, 4) is 6.07 Å². The van der Waals surface area contributed by atoms with Crippen LogP contribution in [0.2, 0.25) is 0 Å². The number of aryl methyl sites for hydroxylation is 1. The van der Waals surface area contributed by atoms with Gasteiger partial charge in [0.05, 0.1) is 5.69 Å². The van der Waals surface area contributed by atoms with E-state index in [4.69, 9.17) is 16.1 Å². The number of hydrogen-bond acceptors (Lipinski definition) is 4. The van der Waals surface area contributed by atoms with Gasteiger partial charge in [-0.15, -0.1) is 0 Å². The molecule has 0 aromatic carbocycles. The number of hydrogen-bond donors (Lipinski definition) is 2. The topological polar surface area (TPSA) is 105 Å². The zero-order valence-electron chi connectivity index (χ0n) is 6.98. The van der Waals surface area contributed by atoms with Crippen LogP contribution in [0.5, 0.6) is 0 Å². The van der Waals surface area contributed by atoms with Gasteiger partial charge in [0.2, 0.25) is 0 Å². The van der Waals surface area contributed by atoms with Crippen molar-refractivity contribution < 1.29 is 9.90 Å². The molecule has 0 spiro atoms. The van der Waals surface area contributed by atoms with Crippen LogP contribution in [0.4, 0.5) is 5.82 Å². The summed E-state index contributed by atoms with van der Waals surface area (Å²) >= 11 is 0. The van der Waals surface area contributed by atoms with Gasteiger partial charge in [-0.1, -0.05) is 0 Å². The van der Waals surface area contributed by atoms with Gasteiger partial charge in [0.15, 0.2) is 0 Å². The van der Waals surface area contributed by atoms with Crippen molar-refractivity contribution in [2.45, 2.75) is 13.5 Å². The summed E-state index contributed by atoms with van der Waals surface area (Å²) in [7, 11) is 0. The molecule has 13 heavy (non-hydrogen) atoms. The summed E-state index contributed by atoms with van der Waals surface area (Å²) in [6.45, 7) is 1.28. The summed E-state index contributed by atoms with van der Waals surface area (Å²) < 4.78 is 1.09. The zero-order valence-corrected chi connectivity index (χ0v) is 6.98. The molecule has 1 aromatic rings. The number of carboxylic acid groups (broad SMARTS) is 1. The second-order valence-corrected chi connectivity index (χ2v) is 2.51. The van der Waals surface area contributed by atoms with Crippen LogP contribution in [0.3, 0.4) is 0 Å². The van der Waals surface area contributed by atoms with E-state index in [9.17, 15) is 4.79 Å². The van der Waals surface area contributed by atoms with E-state index in [0.29, 0.717) is 5.69 Å². The van der Waals surface area contributed by atoms with Crippen LogP contribution >= 0.6 is 0 Å². The average Bonchev–Trinajstić information content (AvgIpc) is 2.26. The smallest absolute Gasteiger partial charge is 0.325 e. The molecule has 1 rings (SSSR count). The molecule has 0 radical (unpaired) electrons. The molecule has 3 N–H and O–H groups in total. The highest BCUT2D eigenvalue weighted by atomic mass is 16.4. The Balaban J connectivity index is 3.12. The Morgan fingerprint density at radius 3 is 2.85 bits per heavy atom. The minimum atomic E-state index is -1.04. The third kappa shape index (κ3) is 1.59. The molecule has 0 aliphatic heterocycles. The number of carboxylic acids is 1. The molecule has 0 atom stereocenters. The van der Waals surface area contributed by atoms with Crippen LogP contribution < -0.4 is 5.73 Å². The first-order valence-corrected chi connectivity index (χ1v) is 3.51. The number of nitrogens with two attached hydrogens (primary N) is 1. The van der Waals surface area contributed by atoms with Crippen LogP contribution in [0, 0.1) is 18.3 Å². The van der Waals surface area contributed by atoms with Crippen LogP contribution in [-0.4, -0.2) is 20.9 Å². The molecule has 0 aliphatic carbocycles. The lowest BCUT2D eigenvalue weighted by atomic mass is 10.3. The minimum absolute atomic E-state index is 0.0994. The van der Waals surface area contributed by atoms with Gasteiger partial charge in [-0.25, -0.2) is 4.68 Å². The minimum Gasteiger partial charge on any atom is -0.480 e. The molecule has 0 fully saturated rings. The number of nitriles is 1. The molecular weight excluding hydrogens is 172 g/mol. The number of anilines is 1. The molecule has 0 saturated carbocycles. The normalized spacial score (nSPS) is 9.54. The van der Waals surface area contributed by atoms with Gasteiger partial charge in [0.25, 0.3) is 0 Å². The first kappa shape index (κ1) is 9.06. The Bertz CT molecular complexity index is 388. The van der Waals surface area contributed by atoms with Gasteiger partial charge >= 0.3 is 5.97 Å². The van der Waals surface area contributed by atoms with Gasteiger partial charge in [0.1, 0.15) is 24.0 Å². The van der Waals surface area contributed by atoms with Gasteiger partial charge in [-0.2, -0.15) is 10.4 Å². The van der Waals surface area contributed by atoms with Gasteiger partial charge < -0.3 is 10.8 Å². The van der Waals surface area contributed by atoms with Gasteiger partial charge in [-0.05, 0) is 6.92 Å². The molecule has 0 saturated heterocycles. The van der Waals surface area contributed by atoms with Crippen molar-refractivity contribution in [2.24, 2.45) is 0 Å². The van der Waals surface area contributed by atoms with Crippen molar-refractivity contribution in [1.29, 1.82) is 5.26 Å². The number of aromatic nitrogens is 2. The Morgan fingerprint density at radius 2 is 2.46 bits per heavy atom. The summed E-state index contributed by atoms with van der Waals surface area (Å²) in [5, 5.41) is 20.9. The SMILES string of the molecule is Cc1nn(CC(=O)O)c(N)c1C#N. The highest BCUT2D eigenvalue weighted by Crippen LogP contribution is 2.13. The summed E-state index contributed by atoms with van der Waals surface area (Å²) in [5.41, 5.74) is 6.16. The van der Waals surface area contributed by atoms with Crippen molar-refractivity contribution in [3.05, 3.63) is 11.3 Å². The van der Waals surface area contributed by atoms with Crippen LogP contribution in [0.15, 0.2) is 0 Å². The Kier molecular flexibility index (Phi) is 2.19. The summed E-state index contributed by atoms with van der Waals surface area (Å²) in [6.07, 6.45) is 0. The second-order valence-electron chi connectivity index (χ2n) is 2.51. The van der Waals surface area contributed by atoms with Gasteiger partial charge in [-0.3, -0.25) is 4.79 Å². The molecule has 6 nitrogen and oxygen atoms in total. The standard InChI is InChI=1S/C7H8N4O2/c1-4-5(2-8)7(9)11(10-4)3-6(12)13/h3,9H2,1H3,(H,12,13). The van der Waals surface area contributed by atoms with Gasteiger partial charge in [0, 0.05) is 0 Å². The molecule has 0 bridgehead atoms. The number of nitrogens with zero attached hydrogens (tertiary/aromatic N) is 3. The van der Waals surface area contributed by atoms with E-state index in [0.717, 1.165) is 4.68 Å². The number of rotatable bonds is 2. The second kappa shape index (κ2) is 3.15. The highest BCUT2D eigenvalue weighted by molar-refractivity contribution is 5.67. The van der Waals surface area contributed by atoms with Crippen LogP contribution in [0.25, 0.3) is 0 Å². The first-order chi connectivity index (χ1) is 6.06. The van der Waals surface area contributed by atoms with E-state index in [1.807, 2.05) is 6.07 Å². The highest BCUT2D eigenvalue weighted by Gasteiger charge is 2.13. The van der Waals surface area contributed by atoms with E-state index >= 15 is 0 Å². The number of nitrogen functional groups attached to an aromatic ring is 1. The Hall–Kier alpha value is -2.03. The lowest BCUT2D eigenvalue weighted by Gasteiger charge is -1.97. The lowest BCUT2D eigenvalue weighted by molar-refractivity contribution is -0.137. The molecule has 0 unspecified atom stereocenters. The molecule has 6 heteroatoms. The van der Waals surface area contributed by atoms with E-state index in [1.54, 1.807) is 6.92 Å². The zero-order chi connectivity index (χ0) is 10.0. The maximum Gasteiger partial charge on any atom is 0.325 e. The summed E-state index contributed by atoms with van der Waals surface area (Å²) in [5.74, 6) is -0.943. The predicted molar refractivity (Wildman–Crippen MR) is 43.7 cm³/mol. The van der Waals surface area contributed by atoms with Crippen molar-refractivity contribution >= 4 is 11.8 Å². The lowest BCUT2D eigenvalue weighted by Crippen LogP contribution is -2.12. The quantitative estimate of drug-likeness (QED) is 0.651. The molecule has 0 aliphatic rings. The summed E-state index contributed by atoms with van der Waals surface area (Å²) in [6, 6.07) is 1.86. The fourth-order valence-corrected chi connectivity index (χ4v) is 0.986. The predicted octanol–water partition coefficient (Wildman–Crippen LogP) is -0.270. The monoisotopic (exact) mass is 180 g/mol. The number of carbonyl (C=O) groups is 1. The molecular formula is C7H8N4O2. The fraction of sp³-hybridized carbons (Fsp3) is 0.286.